The van der Waals surface area contributed by atoms with Gasteiger partial charge in [-0.25, -0.2) is 4.68 Å². The van der Waals surface area contributed by atoms with Gasteiger partial charge in [-0.2, -0.15) is 14.7 Å². The van der Waals surface area contributed by atoms with Gasteiger partial charge in [0, 0.05) is 17.3 Å². The molecule has 3 heterocycles. The van der Waals surface area contributed by atoms with Crippen LogP contribution in [0.1, 0.15) is 5.69 Å². The first kappa shape index (κ1) is 16.6. The summed E-state index contributed by atoms with van der Waals surface area (Å²) in [4.78, 5) is 23.9. The number of nitrogens with one attached hydrogen (secondary N) is 1. The highest BCUT2D eigenvalue weighted by Crippen LogP contribution is 2.19. The zero-order chi connectivity index (χ0) is 18.8. The molecule has 0 radical (unpaired) electrons. The number of amides is 1. The third-order valence-corrected chi connectivity index (χ3v) is 3.92. The van der Waals surface area contributed by atoms with E-state index in [0.717, 1.165) is 15.9 Å². The van der Waals surface area contributed by atoms with E-state index in [2.05, 4.69) is 25.7 Å². The summed E-state index contributed by atoms with van der Waals surface area (Å²) in [6.07, 6.45) is 1.54. The molecule has 9 heteroatoms. The Morgan fingerprint density at radius 3 is 2.67 bits per heavy atom. The van der Waals surface area contributed by atoms with Crippen LogP contribution in [0.4, 0.5) is 5.69 Å². The number of anilines is 1. The number of rotatable bonds is 4. The van der Waals surface area contributed by atoms with Gasteiger partial charge in [0.25, 0.3) is 5.56 Å². The van der Waals surface area contributed by atoms with E-state index in [0.29, 0.717) is 17.0 Å². The predicted octanol–water partition coefficient (Wildman–Crippen LogP) is 1.30. The highest BCUT2D eigenvalue weighted by atomic mass is 16.2. The minimum absolute atomic E-state index is 0.145. The number of fused-ring (bicyclic) bond motifs is 1. The predicted molar refractivity (Wildman–Crippen MR) is 98.1 cm³/mol. The van der Waals surface area contributed by atoms with Gasteiger partial charge in [0.1, 0.15) is 12.9 Å². The fourth-order valence-corrected chi connectivity index (χ4v) is 2.61. The van der Waals surface area contributed by atoms with E-state index >= 15 is 0 Å². The van der Waals surface area contributed by atoms with Crippen molar-refractivity contribution in [3.05, 3.63) is 70.9 Å². The third kappa shape index (κ3) is 3.56. The van der Waals surface area contributed by atoms with Crippen LogP contribution >= 0.6 is 0 Å². The van der Waals surface area contributed by atoms with Crippen molar-refractivity contribution < 1.29 is 4.79 Å². The van der Waals surface area contributed by atoms with Crippen molar-refractivity contribution in [2.45, 2.75) is 13.5 Å². The molecule has 0 saturated carbocycles. The molecule has 134 valence electrons. The third-order valence-electron chi connectivity index (χ3n) is 3.92. The molecule has 0 aliphatic rings. The van der Waals surface area contributed by atoms with Gasteiger partial charge in [-0.05, 0) is 37.3 Å². The summed E-state index contributed by atoms with van der Waals surface area (Å²) < 4.78 is 2.73. The Labute approximate surface area is 153 Å². The first-order chi connectivity index (χ1) is 13.1. The van der Waals surface area contributed by atoms with E-state index in [-0.39, 0.29) is 18.0 Å². The SMILES string of the molecule is Cc1ccc(=O)n(CC(=O)Nc2ccc(-c3ccc4nncn4n3)cc2)n1. The van der Waals surface area contributed by atoms with E-state index in [1.54, 1.807) is 29.6 Å². The second-order valence-corrected chi connectivity index (χ2v) is 5.95. The van der Waals surface area contributed by atoms with Crippen LogP contribution < -0.4 is 10.9 Å². The second kappa shape index (κ2) is 6.79. The fraction of sp³-hybridized carbons (Fsp3) is 0.111. The molecule has 27 heavy (non-hydrogen) atoms. The van der Waals surface area contributed by atoms with Crippen molar-refractivity contribution in [2.24, 2.45) is 0 Å². The number of carbonyl (C=O) groups excluding carboxylic acids is 1. The van der Waals surface area contributed by atoms with Gasteiger partial charge in [0.15, 0.2) is 5.65 Å². The van der Waals surface area contributed by atoms with Crippen LogP contribution in [0.15, 0.2) is 59.7 Å². The molecule has 4 aromatic rings. The molecular weight excluding hydrogens is 346 g/mol. The normalized spacial score (nSPS) is 10.9. The van der Waals surface area contributed by atoms with E-state index in [1.807, 2.05) is 24.3 Å². The van der Waals surface area contributed by atoms with Crippen molar-refractivity contribution in [1.29, 1.82) is 0 Å². The lowest BCUT2D eigenvalue weighted by atomic mass is 10.1. The van der Waals surface area contributed by atoms with Gasteiger partial charge < -0.3 is 5.32 Å². The van der Waals surface area contributed by atoms with Gasteiger partial charge in [0.2, 0.25) is 5.91 Å². The summed E-state index contributed by atoms with van der Waals surface area (Å²) >= 11 is 0. The molecule has 1 amide bonds. The molecule has 1 N–H and O–H groups in total. The van der Waals surface area contributed by atoms with Crippen LogP contribution in [0.2, 0.25) is 0 Å². The Bertz CT molecular complexity index is 1180. The lowest BCUT2D eigenvalue weighted by Gasteiger charge is -2.08. The summed E-state index contributed by atoms with van der Waals surface area (Å²) in [5.74, 6) is -0.327. The average Bonchev–Trinajstić information content (AvgIpc) is 3.13. The van der Waals surface area contributed by atoms with E-state index in [4.69, 9.17) is 0 Å². The minimum atomic E-state index is -0.327. The van der Waals surface area contributed by atoms with Crippen LogP contribution in [0.5, 0.6) is 0 Å². The molecule has 0 spiro atoms. The second-order valence-electron chi connectivity index (χ2n) is 5.95. The maximum absolute atomic E-state index is 12.2. The smallest absolute Gasteiger partial charge is 0.267 e. The van der Waals surface area contributed by atoms with E-state index < -0.39 is 0 Å². The Morgan fingerprint density at radius 1 is 1.04 bits per heavy atom. The summed E-state index contributed by atoms with van der Waals surface area (Å²) in [6, 6.07) is 13.9. The topological polar surface area (TPSA) is 107 Å². The summed E-state index contributed by atoms with van der Waals surface area (Å²) in [6.45, 7) is 1.62. The van der Waals surface area contributed by atoms with Crippen molar-refractivity contribution in [2.75, 3.05) is 5.32 Å². The summed E-state index contributed by atoms with van der Waals surface area (Å²) in [5, 5.41) is 19.0. The standard InChI is InChI=1S/C18H15N7O2/c1-12-2-9-18(27)24(22-12)10-17(26)20-14-5-3-13(4-6-14)15-7-8-16-21-19-11-25(16)23-15/h2-9,11H,10H2,1H3,(H,20,26). The van der Waals surface area contributed by atoms with Crippen LogP contribution in [0, 0.1) is 6.92 Å². The molecule has 0 aliphatic heterocycles. The Hall–Kier alpha value is -3.88. The van der Waals surface area contributed by atoms with Crippen molar-refractivity contribution in [3.63, 3.8) is 0 Å². The maximum Gasteiger partial charge on any atom is 0.267 e. The maximum atomic E-state index is 12.2. The average molecular weight is 361 g/mol. The Kier molecular flexibility index (Phi) is 4.17. The number of benzene rings is 1. The number of aryl methyl sites for hydroxylation is 1. The van der Waals surface area contributed by atoms with Gasteiger partial charge in [-0.15, -0.1) is 10.2 Å². The van der Waals surface area contributed by atoms with Gasteiger partial charge in [-0.3, -0.25) is 9.59 Å². The Morgan fingerprint density at radius 2 is 1.85 bits per heavy atom. The van der Waals surface area contributed by atoms with Crippen molar-refractivity contribution in [3.8, 4) is 11.3 Å². The fourth-order valence-electron chi connectivity index (χ4n) is 2.61. The molecule has 3 aromatic heterocycles. The number of nitrogens with zero attached hydrogens (tertiary/aromatic N) is 6. The molecular formula is C18H15N7O2. The summed E-state index contributed by atoms with van der Waals surface area (Å²) in [5.41, 5.74) is 3.29. The monoisotopic (exact) mass is 361 g/mol. The molecule has 0 fully saturated rings. The molecule has 0 aliphatic carbocycles. The highest BCUT2D eigenvalue weighted by Gasteiger charge is 2.08. The molecule has 0 bridgehead atoms. The number of hydrogen-bond acceptors (Lipinski definition) is 6. The highest BCUT2D eigenvalue weighted by molar-refractivity contribution is 5.90. The zero-order valence-electron chi connectivity index (χ0n) is 14.4. The van der Waals surface area contributed by atoms with Crippen molar-refractivity contribution >= 4 is 17.2 Å². The molecule has 0 unspecified atom stereocenters. The largest absolute Gasteiger partial charge is 0.324 e. The van der Waals surface area contributed by atoms with Crippen LogP contribution in [-0.4, -0.2) is 35.5 Å². The number of hydrogen-bond donors (Lipinski definition) is 1. The van der Waals surface area contributed by atoms with Crippen LogP contribution in [0.3, 0.4) is 0 Å². The van der Waals surface area contributed by atoms with E-state index in [9.17, 15) is 9.59 Å². The quantitative estimate of drug-likeness (QED) is 0.587. The van der Waals surface area contributed by atoms with Crippen LogP contribution in [0.25, 0.3) is 16.9 Å². The van der Waals surface area contributed by atoms with Crippen molar-refractivity contribution in [1.82, 2.24) is 29.6 Å². The molecule has 0 saturated heterocycles. The van der Waals surface area contributed by atoms with Crippen LogP contribution in [-0.2, 0) is 11.3 Å². The lowest BCUT2D eigenvalue weighted by molar-refractivity contribution is -0.117. The van der Waals surface area contributed by atoms with Gasteiger partial charge in [-0.1, -0.05) is 12.1 Å². The zero-order valence-corrected chi connectivity index (χ0v) is 14.4. The van der Waals surface area contributed by atoms with E-state index in [1.165, 1.54) is 12.4 Å². The number of aromatic nitrogens is 6. The summed E-state index contributed by atoms with van der Waals surface area (Å²) in [7, 11) is 0. The van der Waals surface area contributed by atoms with Gasteiger partial charge in [0.05, 0.1) is 11.4 Å². The lowest BCUT2D eigenvalue weighted by Crippen LogP contribution is -2.29. The first-order valence-electron chi connectivity index (χ1n) is 8.21. The van der Waals surface area contributed by atoms with Gasteiger partial charge >= 0.3 is 0 Å². The molecule has 1 aromatic carbocycles. The Balaban J connectivity index is 1.48. The minimum Gasteiger partial charge on any atom is -0.324 e. The first-order valence-corrected chi connectivity index (χ1v) is 8.21. The molecule has 9 nitrogen and oxygen atoms in total. The molecule has 4 rings (SSSR count). The molecule has 0 atom stereocenters. The number of carbonyl (C=O) groups is 1.